The van der Waals surface area contributed by atoms with Crippen LogP contribution in [-0.4, -0.2) is 28.5 Å². The number of likely N-dealkylation sites (tertiary alicyclic amines) is 1. The van der Waals surface area contributed by atoms with E-state index in [4.69, 9.17) is 0 Å². The molecule has 2 heterocycles. The number of aromatic nitrogens is 1. The molecule has 1 N–H and O–H groups in total. The van der Waals surface area contributed by atoms with E-state index in [0.717, 1.165) is 48.4 Å². The zero-order valence-electron chi connectivity index (χ0n) is 16.1. The predicted molar refractivity (Wildman–Crippen MR) is 115 cm³/mol. The number of nitrogens with one attached hydrogen (secondary N) is 1. The molecule has 0 aliphatic carbocycles. The summed E-state index contributed by atoms with van der Waals surface area (Å²) in [7, 11) is 0. The van der Waals surface area contributed by atoms with Gasteiger partial charge in [-0.05, 0) is 56.6 Å². The second kappa shape index (κ2) is 8.29. The number of carbonyl (C=O) groups excluding carboxylic acids is 1. The number of piperidine rings is 1. The zero-order chi connectivity index (χ0) is 19.5. The summed E-state index contributed by atoms with van der Waals surface area (Å²) in [5.74, 6) is 0.127. The molecule has 0 spiro atoms. The molecule has 0 radical (unpaired) electrons. The molecule has 1 aliphatic rings. The standard InChI is InChI=1S/C22H25N3O2S/c1-2-25-19-9-8-18(14-20(19)28-22(25)27)23-21(26)17-10-12-24(13-11-17)15-16-6-4-3-5-7-16/h3-9,14,17H,2,10-13,15H2,1H3,(H,23,26). The van der Waals surface area contributed by atoms with Crippen LogP contribution in [0.15, 0.2) is 53.3 Å². The minimum Gasteiger partial charge on any atom is -0.326 e. The van der Waals surface area contributed by atoms with Gasteiger partial charge < -0.3 is 5.32 Å². The molecule has 4 rings (SSSR count). The number of amides is 1. The van der Waals surface area contributed by atoms with Gasteiger partial charge in [-0.1, -0.05) is 41.7 Å². The molecular weight excluding hydrogens is 370 g/mol. The Balaban J connectivity index is 1.35. The third-order valence-corrected chi connectivity index (χ3v) is 6.40. The monoisotopic (exact) mass is 395 g/mol. The van der Waals surface area contributed by atoms with Gasteiger partial charge in [0.2, 0.25) is 5.91 Å². The third-order valence-electron chi connectivity index (χ3n) is 5.46. The average Bonchev–Trinajstić information content (AvgIpc) is 3.03. The lowest BCUT2D eigenvalue weighted by Gasteiger charge is -2.31. The molecule has 5 nitrogen and oxygen atoms in total. The molecule has 1 aliphatic heterocycles. The fourth-order valence-corrected chi connectivity index (χ4v) is 4.88. The molecule has 2 aromatic carbocycles. The van der Waals surface area contributed by atoms with Crippen molar-refractivity contribution in [2.45, 2.75) is 32.9 Å². The molecule has 1 aromatic heterocycles. The molecular formula is C22H25N3O2S. The summed E-state index contributed by atoms with van der Waals surface area (Å²) in [6.45, 7) is 5.44. The van der Waals surface area contributed by atoms with Crippen molar-refractivity contribution in [3.8, 4) is 0 Å². The lowest BCUT2D eigenvalue weighted by atomic mass is 9.95. The van der Waals surface area contributed by atoms with Gasteiger partial charge in [0.25, 0.3) is 0 Å². The van der Waals surface area contributed by atoms with Crippen LogP contribution < -0.4 is 10.2 Å². The number of hydrogen-bond acceptors (Lipinski definition) is 4. The molecule has 28 heavy (non-hydrogen) atoms. The Morgan fingerprint density at radius 2 is 1.89 bits per heavy atom. The molecule has 146 valence electrons. The van der Waals surface area contributed by atoms with Gasteiger partial charge in [0, 0.05) is 24.7 Å². The molecule has 3 aromatic rings. The summed E-state index contributed by atoms with van der Waals surface area (Å²) in [6, 6.07) is 16.2. The number of benzene rings is 2. The van der Waals surface area contributed by atoms with Gasteiger partial charge in [0.15, 0.2) is 0 Å². The first-order chi connectivity index (χ1) is 13.6. The highest BCUT2D eigenvalue weighted by Gasteiger charge is 2.25. The van der Waals surface area contributed by atoms with E-state index in [-0.39, 0.29) is 16.7 Å². The molecule has 1 amide bonds. The molecule has 1 fully saturated rings. The van der Waals surface area contributed by atoms with E-state index in [1.165, 1.54) is 16.9 Å². The molecule has 0 saturated carbocycles. The van der Waals surface area contributed by atoms with Gasteiger partial charge in [-0.15, -0.1) is 0 Å². The SMILES string of the molecule is CCn1c(=O)sc2cc(NC(=O)C3CCN(Cc4ccccc4)CC3)ccc21. The fourth-order valence-electron chi connectivity index (χ4n) is 3.88. The Morgan fingerprint density at radius 3 is 2.61 bits per heavy atom. The summed E-state index contributed by atoms with van der Waals surface area (Å²) in [5.41, 5.74) is 3.02. The molecule has 0 atom stereocenters. The Kier molecular flexibility index (Phi) is 5.59. The average molecular weight is 396 g/mol. The van der Waals surface area contributed by atoms with Crippen molar-refractivity contribution in [1.82, 2.24) is 9.47 Å². The number of aryl methyl sites for hydroxylation is 1. The van der Waals surface area contributed by atoms with Gasteiger partial charge >= 0.3 is 4.87 Å². The number of hydrogen-bond donors (Lipinski definition) is 1. The second-order valence-electron chi connectivity index (χ2n) is 7.32. The van der Waals surface area contributed by atoms with Crippen molar-refractivity contribution >= 4 is 33.1 Å². The van der Waals surface area contributed by atoms with E-state index in [1.54, 1.807) is 4.57 Å². The number of rotatable bonds is 5. The first kappa shape index (κ1) is 18.9. The van der Waals surface area contributed by atoms with Crippen molar-refractivity contribution in [3.05, 3.63) is 63.8 Å². The lowest BCUT2D eigenvalue weighted by molar-refractivity contribution is -0.121. The van der Waals surface area contributed by atoms with Crippen molar-refractivity contribution in [3.63, 3.8) is 0 Å². The lowest BCUT2D eigenvalue weighted by Crippen LogP contribution is -2.37. The Hall–Kier alpha value is -2.44. The van der Waals surface area contributed by atoms with E-state index in [2.05, 4.69) is 34.5 Å². The fraction of sp³-hybridized carbons (Fsp3) is 0.364. The van der Waals surface area contributed by atoms with Crippen LogP contribution in [0.25, 0.3) is 10.2 Å². The van der Waals surface area contributed by atoms with Gasteiger partial charge in [-0.2, -0.15) is 0 Å². The van der Waals surface area contributed by atoms with E-state index < -0.39 is 0 Å². The highest BCUT2D eigenvalue weighted by Crippen LogP contribution is 2.24. The van der Waals surface area contributed by atoms with Gasteiger partial charge in [-0.25, -0.2) is 0 Å². The molecule has 1 saturated heterocycles. The number of nitrogens with zero attached hydrogens (tertiary/aromatic N) is 2. The first-order valence-electron chi connectivity index (χ1n) is 9.84. The number of carbonyl (C=O) groups is 1. The van der Waals surface area contributed by atoms with Crippen molar-refractivity contribution in [2.24, 2.45) is 5.92 Å². The minimum absolute atomic E-state index is 0.0432. The van der Waals surface area contributed by atoms with Crippen LogP contribution in [0.1, 0.15) is 25.3 Å². The third kappa shape index (κ3) is 4.03. The first-order valence-corrected chi connectivity index (χ1v) is 10.7. The molecule has 6 heteroatoms. The highest BCUT2D eigenvalue weighted by molar-refractivity contribution is 7.16. The Labute approximate surface area is 168 Å². The summed E-state index contributed by atoms with van der Waals surface area (Å²) >= 11 is 1.23. The van der Waals surface area contributed by atoms with Crippen molar-refractivity contribution in [2.75, 3.05) is 18.4 Å². The van der Waals surface area contributed by atoms with E-state index in [1.807, 2.05) is 31.2 Å². The molecule has 0 bridgehead atoms. The quantitative estimate of drug-likeness (QED) is 0.712. The maximum atomic E-state index is 12.7. The van der Waals surface area contributed by atoms with Gasteiger partial charge in [0.1, 0.15) is 0 Å². The van der Waals surface area contributed by atoms with Crippen LogP contribution in [0.5, 0.6) is 0 Å². The van der Waals surface area contributed by atoms with Crippen LogP contribution in [0.2, 0.25) is 0 Å². The van der Waals surface area contributed by atoms with Crippen LogP contribution in [0.3, 0.4) is 0 Å². The minimum atomic E-state index is 0.0432. The number of anilines is 1. The highest BCUT2D eigenvalue weighted by atomic mass is 32.1. The van der Waals surface area contributed by atoms with Crippen LogP contribution in [-0.2, 0) is 17.9 Å². The summed E-state index contributed by atoms with van der Waals surface area (Å²) in [5, 5.41) is 3.05. The molecule has 0 unspecified atom stereocenters. The Morgan fingerprint density at radius 1 is 1.14 bits per heavy atom. The van der Waals surface area contributed by atoms with E-state index in [0.29, 0.717) is 6.54 Å². The van der Waals surface area contributed by atoms with E-state index in [9.17, 15) is 9.59 Å². The largest absolute Gasteiger partial charge is 0.326 e. The predicted octanol–water partition coefficient (Wildman–Crippen LogP) is 3.93. The van der Waals surface area contributed by atoms with Crippen LogP contribution in [0.4, 0.5) is 5.69 Å². The maximum Gasteiger partial charge on any atom is 0.308 e. The normalized spacial score (nSPS) is 15.8. The van der Waals surface area contributed by atoms with Crippen LogP contribution >= 0.6 is 11.3 Å². The summed E-state index contributed by atoms with van der Waals surface area (Å²) < 4.78 is 2.68. The summed E-state index contributed by atoms with van der Waals surface area (Å²) in [6.07, 6.45) is 1.75. The zero-order valence-corrected chi connectivity index (χ0v) is 16.9. The second-order valence-corrected chi connectivity index (χ2v) is 8.31. The number of thiazole rings is 1. The van der Waals surface area contributed by atoms with Crippen LogP contribution in [0, 0.1) is 5.92 Å². The van der Waals surface area contributed by atoms with Crippen molar-refractivity contribution < 1.29 is 4.79 Å². The topological polar surface area (TPSA) is 54.3 Å². The Bertz CT molecular complexity index is 1020. The maximum absolute atomic E-state index is 12.7. The van der Waals surface area contributed by atoms with Gasteiger partial charge in [0.05, 0.1) is 10.2 Å². The van der Waals surface area contributed by atoms with E-state index >= 15 is 0 Å². The van der Waals surface area contributed by atoms with Gasteiger partial charge in [-0.3, -0.25) is 19.1 Å². The van der Waals surface area contributed by atoms with Crippen molar-refractivity contribution in [1.29, 1.82) is 0 Å². The number of fused-ring (bicyclic) bond motifs is 1. The summed E-state index contributed by atoms with van der Waals surface area (Å²) in [4.78, 5) is 27.2. The smallest absolute Gasteiger partial charge is 0.308 e.